The van der Waals surface area contributed by atoms with Crippen molar-refractivity contribution in [2.45, 2.75) is 0 Å². The van der Waals surface area contributed by atoms with E-state index in [-0.39, 0.29) is 11.6 Å². The lowest BCUT2D eigenvalue weighted by Gasteiger charge is -1.98. The van der Waals surface area contributed by atoms with Crippen molar-refractivity contribution in [1.82, 2.24) is 9.97 Å². The smallest absolute Gasteiger partial charge is 0.199 e. The van der Waals surface area contributed by atoms with E-state index in [0.717, 1.165) is 10.9 Å². The second-order valence-electron chi connectivity index (χ2n) is 5.02. The van der Waals surface area contributed by atoms with E-state index in [1.807, 2.05) is 24.3 Å². The first-order valence-corrected chi connectivity index (χ1v) is 6.63. The predicted molar refractivity (Wildman–Crippen MR) is 82.7 cm³/mol. The second kappa shape index (κ2) is 4.42. The van der Waals surface area contributed by atoms with Crippen LogP contribution in [0.25, 0.3) is 33.1 Å². The van der Waals surface area contributed by atoms with Gasteiger partial charge in [0.15, 0.2) is 5.88 Å². The quantitative estimate of drug-likeness (QED) is 0.474. The molecule has 0 fully saturated rings. The number of halogens is 1. The first kappa shape index (κ1) is 12.6. The molecule has 3 N–H and O–H groups in total. The molecule has 0 aliphatic carbocycles. The lowest BCUT2D eigenvalue weighted by atomic mass is 10.1. The Morgan fingerprint density at radius 3 is 2.59 bits per heavy atom. The second-order valence-corrected chi connectivity index (χ2v) is 5.02. The van der Waals surface area contributed by atoms with Gasteiger partial charge in [-0.25, -0.2) is 4.39 Å². The molecule has 0 unspecified atom stereocenters. The first-order chi connectivity index (χ1) is 10.7. The van der Waals surface area contributed by atoms with Crippen molar-refractivity contribution in [1.29, 1.82) is 0 Å². The van der Waals surface area contributed by atoms with E-state index in [0.29, 0.717) is 22.2 Å². The summed E-state index contributed by atoms with van der Waals surface area (Å²) in [7, 11) is 0. The van der Waals surface area contributed by atoms with Gasteiger partial charge < -0.3 is 15.1 Å². The fourth-order valence-electron chi connectivity index (χ4n) is 2.81. The molecule has 2 heterocycles. The third-order valence-electron chi connectivity index (χ3n) is 3.76. The monoisotopic (exact) mass is 295 g/mol. The number of hydrogen-bond donors (Lipinski definition) is 3. The van der Waals surface area contributed by atoms with Crippen LogP contribution in [0.5, 0.6) is 5.88 Å². The normalized spacial score (nSPS) is 11.3. The number of H-pyrrole nitrogens is 2. The Labute approximate surface area is 123 Å². The number of aromatic nitrogens is 2. The number of nitrogens with one attached hydrogen (secondary N) is 2. The van der Waals surface area contributed by atoms with E-state index >= 15 is 0 Å². The number of fused-ring (bicyclic) bond motifs is 2. The lowest BCUT2D eigenvalue weighted by molar-refractivity contribution is 0.460. The number of nitrogens with zero attached hydrogens (tertiary/aromatic N) is 1. The van der Waals surface area contributed by atoms with Crippen molar-refractivity contribution < 1.29 is 9.50 Å². The Bertz CT molecular complexity index is 1030. The maximum absolute atomic E-state index is 13.4. The van der Waals surface area contributed by atoms with E-state index in [1.54, 1.807) is 0 Å². The summed E-state index contributed by atoms with van der Waals surface area (Å²) in [5.74, 6) is -0.524. The molecule has 4 rings (SSSR count). The summed E-state index contributed by atoms with van der Waals surface area (Å²) in [4.78, 5) is 17.2. The highest BCUT2D eigenvalue weighted by molar-refractivity contribution is 6.07. The number of aromatic amines is 2. The molecule has 0 aliphatic heterocycles. The van der Waals surface area contributed by atoms with E-state index in [2.05, 4.69) is 15.1 Å². The number of para-hydroxylation sites is 1. The number of benzene rings is 2. The molecule has 0 bridgehead atoms. The summed E-state index contributed by atoms with van der Waals surface area (Å²) < 4.78 is 13.4. The predicted octanol–water partition coefficient (Wildman–Crippen LogP) is 4.56. The molecule has 0 amide bonds. The van der Waals surface area contributed by atoms with Gasteiger partial charge in [-0.1, -0.05) is 18.2 Å². The third kappa shape index (κ3) is 1.64. The topological polar surface area (TPSA) is 81.2 Å². The maximum atomic E-state index is 13.4. The average Bonchev–Trinajstić information content (AvgIpc) is 3.02. The molecule has 4 aromatic rings. The SMILES string of the molecule is O=Nc1c(-c2c(O)[nH]c3ccccc23)[nH]c2ccc(F)cc12. The van der Waals surface area contributed by atoms with Crippen LogP contribution in [0.15, 0.2) is 47.6 Å². The van der Waals surface area contributed by atoms with Gasteiger partial charge in [-0.3, -0.25) is 0 Å². The largest absolute Gasteiger partial charge is 0.494 e. The molecular formula is C16H10FN3O2. The van der Waals surface area contributed by atoms with Gasteiger partial charge in [0.2, 0.25) is 0 Å². The minimum absolute atomic E-state index is 0.0712. The highest BCUT2D eigenvalue weighted by Crippen LogP contribution is 2.44. The zero-order valence-corrected chi connectivity index (χ0v) is 11.2. The average molecular weight is 295 g/mol. The molecule has 5 nitrogen and oxygen atoms in total. The van der Waals surface area contributed by atoms with Crippen LogP contribution in [-0.2, 0) is 0 Å². The highest BCUT2D eigenvalue weighted by atomic mass is 19.1. The fourth-order valence-corrected chi connectivity index (χ4v) is 2.81. The number of hydrogen-bond acceptors (Lipinski definition) is 3. The van der Waals surface area contributed by atoms with Gasteiger partial charge in [0.25, 0.3) is 0 Å². The van der Waals surface area contributed by atoms with Crippen molar-refractivity contribution in [3.8, 4) is 17.1 Å². The Kier molecular flexibility index (Phi) is 2.53. The Morgan fingerprint density at radius 1 is 1.00 bits per heavy atom. The van der Waals surface area contributed by atoms with Crippen molar-refractivity contribution in [3.63, 3.8) is 0 Å². The first-order valence-electron chi connectivity index (χ1n) is 6.63. The summed E-state index contributed by atoms with van der Waals surface area (Å²) in [6.07, 6.45) is 0. The van der Waals surface area contributed by atoms with E-state index in [9.17, 15) is 14.4 Å². The van der Waals surface area contributed by atoms with Gasteiger partial charge in [0.05, 0.1) is 11.3 Å². The standard InChI is InChI=1S/C16H10FN3O2/c17-8-5-6-12-10(7-8)14(20-22)15(18-12)13-9-3-1-2-4-11(9)19-16(13)21/h1-7,18-19,21H. The molecule has 2 aromatic heterocycles. The van der Waals surface area contributed by atoms with Crippen LogP contribution in [0.3, 0.4) is 0 Å². The van der Waals surface area contributed by atoms with Crippen molar-refractivity contribution in [2.75, 3.05) is 0 Å². The zero-order chi connectivity index (χ0) is 15.3. The third-order valence-corrected chi connectivity index (χ3v) is 3.76. The number of rotatable bonds is 2. The zero-order valence-electron chi connectivity index (χ0n) is 11.2. The van der Waals surface area contributed by atoms with Crippen LogP contribution in [0, 0.1) is 10.7 Å². The summed E-state index contributed by atoms with van der Waals surface area (Å²) in [6.45, 7) is 0. The minimum Gasteiger partial charge on any atom is -0.494 e. The van der Waals surface area contributed by atoms with E-state index < -0.39 is 5.82 Å². The Hall–Kier alpha value is -3.15. The molecule has 108 valence electrons. The highest BCUT2D eigenvalue weighted by Gasteiger charge is 2.21. The van der Waals surface area contributed by atoms with Crippen molar-refractivity contribution in [2.24, 2.45) is 5.18 Å². The van der Waals surface area contributed by atoms with Crippen LogP contribution in [0.4, 0.5) is 10.1 Å². The Morgan fingerprint density at radius 2 is 1.77 bits per heavy atom. The van der Waals surface area contributed by atoms with E-state index in [1.165, 1.54) is 18.2 Å². The molecule has 22 heavy (non-hydrogen) atoms. The van der Waals surface area contributed by atoms with Crippen LogP contribution < -0.4 is 0 Å². The van der Waals surface area contributed by atoms with Crippen LogP contribution >= 0.6 is 0 Å². The fraction of sp³-hybridized carbons (Fsp3) is 0. The number of aromatic hydroxyl groups is 1. The molecular weight excluding hydrogens is 285 g/mol. The molecule has 0 saturated carbocycles. The molecule has 0 spiro atoms. The van der Waals surface area contributed by atoms with Gasteiger partial charge in [0.1, 0.15) is 11.5 Å². The van der Waals surface area contributed by atoms with Gasteiger partial charge in [-0.15, -0.1) is 4.91 Å². The Balaban J connectivity index is 2.12. The minimum atomic E-state index is -0.453. The molecule has 6 heteroatoms. The lowest BCUT2D eigenvalue weighted by Crippen LogP contribution is -1.77. The summed E-state index contributed by atoms with van der Waals surface area (Å²) in [5, 5.41) is 14.4. The molecule has 0 atom stereocenters. The van der Waals surface area contributed by atoms with Gasteiger partial charge >= 0.3 is 0 Å². The maximum Gasteiger partial charge on any atom is 0.199 e. The molecule has 2 aromatic carbocycles. The molecule has 0 aliphatic rings. The molecule has 0 saturated heterocycles. The van der Waals surface area contributed by atoms with Crippen LogP contribution in [0.2, 0.25) is 0 Å². The van der Waals surface area contributed by atoms with Crippen molar-refractivity contribution in [3.05, 3.63) is 53.2 Å². The van der Waals surface area contributed by atoms with Crippen molar-refractivity contribution >= 4 is 27.5 Å². The molecule has 0 radical (unpaired) electrons. The van der Waals surface area contributed by atoms with Gasteiger partial charge in [0, 0.05) is 21.8 Å². The summed E-state index contributed by atoms with van der Waals surface area (Å²) in [6, 6.07) is 11.4. The van der Waals surface area contributed by atoms with Gasteiger partial charge in [-0.05, 0) is 29.4 Å². The summed E-state index contributed by atoms with van der Waals surface area (Å²) >= 11 is 0. The van der Waals surface area contributed by atoms with E-state index in [4.69, 9.17) is 0 Å². The van der Waals surface area contributed by atoms with Crippen LogP contribution in [0.1, 0.15) is 0 Å². The van der Waals surface area contributed by atoms with Crippen LogP contribution in [-0.4, -0.2) is 15.1 Å². The van der Waals surface area contributed by atoms with Gasteiger partial charge in [-0.2, -0.15) is 0 Å². The summed E-state index contributed by atoms with van der Waals surface area (Å²) in [5.41, 5.74) is 2.20. The number of nitroso groups, excluding NO2 is 1.